The van der Waals surface area contributed by atoms with Gasteiger partial charge in [0.25, 0.3) is 0 Å². The lowest BCUT2D eigenvalue weighted by Crippen LogP contribution is -2.38. The van der Waals surface area contributed by atoms with E-state index < -0.39 is 0 Å². The monoisotopic (exact) mass is 312 g/mol. The summed E-state index contributed by atoms with van der Waals surface area (Å²) in [6.07, 6.45) is 7.93. The van der Waals surface area contributed by atoms with Crippen molar-refractivity contribution in [1.82, 2.24) is 14.9 Å². The highest BCUT2D eigenvalue weighted by molar-refractivity contribution is 5.43. The molecule has 1 aliphatic heterocycles. The fraction of sp³-hybridized carbons (Fsp3) is 0.444. The predicted molar refractivity (Wildman–Crippen MR) is 91.6 cm³/mol. The van der Waals surface area contributed by atoms with Gasteiger partial charge < -0.3 is 10.1 Å². The third-order valence-corrected chi connectivity index (χ3v) is 4.12. The van der Waals surface area contributed by atoms with Gasteiger partial charge in [-0.15, -0.1) is 0 Å². The van der Waals surface area contributed by atoms with Crippen LogP contribution in [0, 0.1) is 0 Å². The van der Waals surface area contributed by atoms with Crippen LogP contribution in [0.15, 0.2) is 42.9 Å². The van der Waals surface area contributed by atoms with Crippen molar-refractivity contribution in [1.29, 1.82) is 0 Å². The second-order valence-corrected chi connectivity index (χ2v) is 5.87. The lowest BCUT2D eigenvalue weighted by molar-refractivity contribution is 0.211. The molecule has 1 aliphatic rings. The van der Waals surface area contributed by atoms with E-state index in [0.717, 1.165) is 38.2 Å². The Kier molecular flexibility index (Phi) is 5.42. The molecule has 23 heavy (non-hydrogen) atoms. The molecule has 5 nitrogen and oxygen atoms in total. The fourth-order valence-corrected chi connectivity index (χ4v) is 2.92. The van der Waals surface area contributed by atoms with Crippen molar-refractivity contribution in [2.24, 2.45) is 0 Å². The number of aromatic nitrogens is 2. The number of nitrogens with one attached hydrogen (secondary N) is 1. The fourth-order valence-electron chi connectivity index (χ4n) is 2.92. The SMILES string of the molecule is CCOc1ccc(NC2CCN(Cc3cccnc3)CC2)cn1. The summed E-state index contributed by atoms with van der Waals surface area (Å²) >= 11 is 0. The summed E-state index contributed by atoms with van der Waals surface area (Å²) in [4.78, 5) is 11.0. The molecule has 0 bridgehead atoms. The topological polar surface area (TPSA) is 50.3 Å². The Morgan fingerprint density at radius 2 is 2.09 bits per heavy atom. The maximum absolute atomic E-state index is 5.37. The van der Waals surface area contributed by atoms with Crippen molar-refractivity contribution in [3.8, 4) is 5.88 Å². The first-order valence-electron chi connectivity index (χ1n) is 8.30. The third-order valence-electron chi connectivity index (χ3n) is 4.12. The maximum atomic E-state index is 5.37. The molecule has 1 saturated heterocycles. The average Bonchev–Trinajstić information content (AvgIpc) is 2.60. The highest BCUT2D eigenvalue weighted by atomic mass is 16.5. The van der Waals surface area contributed by atoms with E-state index in [-0.39, 0.29) is 0 Å². The molecule has 3 heterocycles. The molecule has 3 rings (SSSR count). The van der Waals surface area contributed by atoms with Crippen LogP contribution in [0.3, 0.4) is 0 Å². The van der Waals surface area contributed by atoms with Gasteiger partial charge in [-0.3, -0.25) is 9.88 Å². The number of likely N-dealkylation sites (tertiary alicyclic amines) is 1. The minimum absolute atomic E-state index is 0.514. The summed E-state index contributed by atoms with van der Waals surface area (Å²) in [7, 11) is 0. The van der Waals surface area contributed by atoms with Crippen LogP contribution in [0.25, 0.3) is 0 Å². The van der Waals surface area contributed by atoms with Crippen molar-refractivity contribution < 1.29 is 4.74 Å². The van der Waals surface area contributed by atoms with Gasteiger partial charge in [-0.1, -0.05) is 6.07 Å². The van der Waals surface area contributed by atoms with E-state index in [9.17, 15) is 0 Å². The van der Waals surface area contributed by atoms with Gasteiger partial charge in [0.2, 0.25) is 5.88 Å². The number of rotatable bonds is 6. The quantitative estimate of drug-likeness (QED) is 0.889. The Bertz CT molecular complexity index is 580. The van der Waals surface area contributed by atoms with Crippen molar-refractivity contribution in [2.75, 3.05) is 25.0 Å². The number of ether oxygens (including phenoxy) is 1. The highest BCUT2D eigenvalue weighted by Gasteiger charge is 2.19. The molecule has 2 aromatic heterocycles. The first-order valence-corrected chi connectivity index (χ1v) is 8.30. The van der Waals surface area contributed by atoms with Crippen molar-refractivity contribution in [3.63, 3.8) is 0 Å². The summed E-state index contributed by atoms with van der Waals surface area (Å²) < 4.78 is 5.37. The molecule has 122 valence electrons. The number of piperidine rings is 1. The molecule has 0 aromatic carbocycles. The summed E-state index contributed by atoms with van der Waals surface area (Å²) in [5.74, 6) is 0.685. The Hall–Kier alpha value is -2.14. The normalized spacial score (nSPS) is 16.2. The van der Waals surface area contributed by atoms with Gasteiger partial charge in [0.05, 0.1) is 18.5 Å². The first kappa shape index (κ1) is 15.7. The lowest BCUT2D eigenvalue weighted by atomic mass is 10.0. The Morgan fingerprint density at radius 3 is 2.74 bits per heavy atom. The van der Waals surface area contributed by atoms with E-state index in [1.165, 1.54) is 5.56 Å². The standard InChI is InChI=1S/C18H24N4O/c1-2-23-18-6-5-17(13-20-18)21-16-7-10-22(11-8-16)14-15-4-3-9-19-12-15/h3-6,9,12-13,16,21H,2,7-8,10-11,14H2,1H3. The van der Waals surface area contributed by atoms with Crippen LogP contribution in [0.1, 0.15) is 25.3 Å². The number of nitrogens with zero attached hydrogens (tertiary/aromatic N) is 3. The second kappa shape index (κ2) is 7.92. The van der Waals surface area contributed by atoms with Crippen LogP contribution in [-0.2, 0) is 6.54 Å². The Morgan fingerprint density at radius 1 is 1.22 bits per heavy atom. The zero-order valence-electron chi connectivity index (χ0n) is 13.6. The molecule has 0 spiro atoms. The molecule has 1 N–H and O–H groups in total. The molecule has 0 atom stereocenters. The largest absolute Gasteiger partial charge is 0.478 e. The van der Waals surface area contributed by atoms with Gasteiger partial charge in [-0.2, -0.15) is 0 Å². The van der Waals surface area contributed by atoms with Crippen LogP contribution in [-0.4, -0.2) is 40.6 Å². The van der Waals surface area contributed by atoms with Crippen molar-refractivity contribution in [3.05, 3.63) is 48.4 Å². The zero-order chi connectivity index (χ0) is 15.9. The Balaban J connectivity index is 1.45. The van der Waals surface area contributed by atoms with Crippen LogP contribution in [0.2, 0.25) is 0 Å². The zero-order valence-corrected chi connectivity index (χ0v) is 13.6. The second-order valence-electron chi connectivity index (χ2n) is 5.87. The predicted octanol–water partition coefficient (Wildman–Crippen LogP) is 2.95. The van der Waals surface area contributed by atoms with Gasteiger partial charge >= 0.3 is 0 Å². The van der Waals surface area contributed by atoms with Crippen LogP contribution < -0.4 is 10.1 Å². The number of anilines is 1. The molecular weight excluding hydrogens is 288 g/mol. The average molecular weight is 312 g/mol. The van der Waals surface area contributed by atoms with E-state index >= 15 is 0 Å². The van der Waals surface area contributed by atoms with Gasteiger partial charge in [0, 0.05) is 44.1 Å². The van der Waals surface area contributed by atoms with Crippen molar-refractivity contribution in [2.45, 2.75) is 32.4 Å². The van der Waals surface area contributed by atoms with E-state index in [1.54, 1.807) is 0 Å². The minimum Gasteiger partial charge on any atom is -0.478 e. The highest BCUT2D eigenvalue weighted by Crippen LogP contribution is 2.19. The van der Waals surface area contributed by atoms with Crippen LogP contribution >= 0.6 is 0 Å². The number of hydrogen-bond donors (Lipinski definition) is 1. The van der Waals surface area contributed by atoms with Gasteiger partial charge in [-0.05, 0) is 37.5 Å². The number of hydrogen-bond acceptors (Lipinski definition) is 5. The molecule has 0 aliphatic carbocycles. The third kappa shape index (κ3) is 4.66. The molecule has 5 heteroatoms. The number of pyridine rings is 2. The van der Waals surface area contributed by atoms with Crippen LogP contribution in [0.5, 0.6) is 5.88 Å². The molecule has 0 amide bonds. The molecule has 0 unspecified atom stereocenters. The molecule has 2 aromatic rings. The summed E-state index contributed by atoms with van der Waals surface area (Å²) in [5.41, 5.74) is 2.36. The van der Waals surface area contributed by atoms with Gasteiger partial charge in [0.1, 0.15) is 0 Å². The Labute approximate surface area is 137 Å². The van der Waals surface area contributed by atoms with Crippen molar-refractivity contribution >= 4 is 5.69 Å². The summed E-state index contributed by atoms with van der Waals surface area (Å²) in [5, 5.41) is 3.58. The summed E-state index contributed by atoms with van der Waals surface area (Å²) in [6.45, 7) is 5.82. The smallest absolute Gasteiger partial charge is 0.213 e. The van der Waals surface area contributed by atoms with Gasteiger partial charge in [-0.25, -0.2) is 4.98 Å². The molecule has 1 fully saturated rings. The van der Waals surface area contributed by atoms with Gasteiger partial charge in [0.15, 0.2) is 0 Å². The van der Waals surface area contributed by atoms with Crippen LogP contribution in [0.4, 0.5) is 5.69 Å². The maximum Gasteiger partial charge on any atom is 0.213 e. The van der Waals surface area contributed by atoms with E-state index in [1.807, 2.05) is 43.7 Å². The minimum atomic E-state index is 0.514. The lowest BCUT2D eigenvalue weighted by Gasteiger charge is -2.32. The summed E-state index contributed by atoms with van der Waals surface area (Å²) in [6, 6.07) is 8.62. The first-order chi connectivity index (χ1) is 11.3. The molecule has 0 saturated carbocycles. The molecule has 0 radical (unpaired) electrons. The van der Waals surface area contributed by atoms with E-state index in [2.05, 4.69) is 26.3 Å². The van der Waals surface area contributed by atoms with E-state index in [0.29, 0.717) is 18.5 Å². The van der Waals surface area contributed by atoms with E-state index in [4.69, 9.17) is 4.74 Å². The molecular formula is C18H24N4O.